The van der Waals surface area contributed by atoms with Gasteiger partial charge in [0.25, 0.3) is 0 Å². The Balaban J connectivity index is 1.67. The number of nitrogens with zero attached hydrogens (tertiary/aromatic N) is 1. The number of carbonyl (C=O) groups is 1. The van der Waals surface area contributed by atoms with Crippen LogP contribution in [-0.4, -0.2) is 27.0 Å². The lowest BCUT2D eigenvalue weighted by Crippen LogP contribution is -2.25. The maximum atomic E-state index is 11.0. The highest BCUT2D eigenvalue weighted by molar-refractivity contribution is 7.80. The molecule has 0 bridgehead atoms. The van der Waals surface area contributed by atoms with Crippen LogP contribution in [0.3, 0.4) is 0 Å². The monoisotopic (exact) mass is 481 g/mol. The zero-order chi connectivity index (χ0) is 21.8. The summed E-state index contributed by atoms with van der Waals surface area (Å²) in [6.07, 6.45) is 5.30. The first-order valence-corrected chi connectivity index (χ1v) is 10.8. The molecule has 0 unspecified atom stereocenters. The van der Waals surface area contributed by atoms with Crippen molar-refractivity contribution in [1.82, 2.24) is 5.43 Å². The second-order valence-corrected chi connectivity index (χ2v) is 8.58. The largest absolute Gasteiger partial charge is 0.506 e. The van der Waals surface area contributed by atoms with Gasteiger partial charge in [-0.25, -0.2) is 4.79 Å². The summed E-state index contributed by atoms with van der Waals surface area (Å²) in [5.41, 5.74) is 5.44. The minimum absolute atomic E-state index is 0.00420. The molecule has 156 valence electrons. The van der Waals surface area contributed by atoms with Crippen LogP contribution in [0.1, 0.15) is 40.6 Å². The molecule has 6 nitrogen and oxygen atoms in total. The highest BCUT2D eigenvalue weighted by Gasteiger charge is 2.18. The van der Waals surface area contributed by atoms with E-state index >= 15 is 0 Å². The molecule has 1 aliphatic rings. The molecule has 1 aromatic carbocycles. The van der Waals surface area contributed by atoms with Crippen LogP contribution >= 0.6 is 46.8 Å². The zero-order valence-corrected chi connectivity index (χ0v) is 18.8. The summed E-state index contributed by atoms with van der Waals surface area (Å²) in [7, 11) is 0. The normalized spacial score (nSPS) is 14.0. The maximum Gasteiger partial charge on any atom is 0.337 e. The number of nitrogens with one attached hydrogen (secondary N) is 2. The first-order valence-electron chi connectivity index (χ1n) is 8.76. The zero-order valence-electron chi connectivity index (χ0n) is 15.7. The van der Waals surface area contributed by atoms with E-state index in [0.717, 1.165) is 28.3 Å². The van der Waals surface area contributed by atoms with Gasteiger partial charge in [0.15, 0.2) is 5.11 Å². The third-order valence-corrected chi connectivity index (χ3v) is 6.19. The lowest BCUT2D eigenvalue weighted by Gasteiger charge is -2.10. The van der Waals surface area contributed by atoms with E-state index in [2.05, 4.69) is 15.8 Å². The number of allylic oxidation sites excluding steroid dienone is 4. The second-order valence-electron chi connectivity index (χ2n) is 6.40. The molecule has 0 spiro atoms. The first-order chi connectivity index (χ1) is 14.3. The number of halogens is 2. The number of aromatic carboxylic acids is 1. The van der Waals surface area contributed by atoms with Crippen molar-refractivity contribution < 1.29 is 15.0 Å². The molecule has 0 radical (unpaired) electrons. The number of hydrogen-bond acceptors (Lipinski definition) is 5. The van der Waals surface area contributed by atoms with E-state index in [4.69, 9.17) is 40.5 Å². The lowest BCUT2D eigenvalue weighted by atomic mass is 10.0. The van der Waals surface area contributed by atoms with Crippen molar-refractivity contribution in [2.45, 2.75) is 19.8 Å². The number of rotatable bonds is 5. The number of benzene rings is 1. The van der Waals surface area contributed by atoms with E-state index in [1.54, 1.807) is 13.0 Å². The van der Waals surface area contributed by atoms with E-state index in [-0.39, 0.29) is 21.4 Å². The number of carboxylic acids is 1. The Morgan fingerprint density at radius 1 is 1.23 bits per heavy atom. The molecule has 0 atom stereocenters. The van der Waals surface area contributed by atoms with Crippen LogP contribution in [0.25, 0.3) is 5.57 Å². The number of hydrazone groups is 1. The fourth-order valence-corrected chi connectivity index (χ4v) is 4.40. The third kappa shape index (κ3) is 5.20. The molecule has 1 aromatic heterocycles. The van der Waals surface area contributed by atoms with Gasteiger partial charge < -0.3 is 15.5 Å². The van der Waals surface area contributed by atoms with Gasteiger partial charge in [-0.1, -0.05) is 29.3 Å². The van der Waals surface area contributed by atoms with Crippen LogP contribution in [0, 0.1) is 0 Å². The Morgan fingerprint density at radius 2 is 2.00 bits per heavy atom. The molecule has 30 heavy (non-hydrogen) atoms. The van der Waals surface area contributed by atoms with Gasteiger partial charge in [0, 0.05) is 16.1 Å². The minimum atomic E-state index is -1.11. The number of aromatic hydroxyl groups is 1. The van der Waals surface area contributed by atoms with Crippen molar-refractivity contribution in [3.8, 4) is 5.75 Å². The van der Waals surface area contributed by atoms with Crippen LogP contribution < -0.4 is 10.7 Å². The Bertz CT molecular complexity index is 1110. The highest BCUT2D eigenvalue weighted by Crippen LogP contribution is 2.39. The quantitative estimate of drug-likeness (QED) is 0.244. The van der Waals surface area contributed by atoms with Gasteiger partial charge in [0.1, 0.15) is 5.75 Å². The first kappa shape index (κ1) is 22.3. The predicted octanol–water partition coefficient (Wildman–Crippen LogP) is 5.82. The van der Waals surface area contributed by atoms with E-state index in [1.807, 2.05) is 17.5 Å². The standard InChI is InChI=1S/C20H17Cl2N3O3S2/c1-10(15-9-30-18(17(15)26)11-2-4-12(21)5-3-11)24-25-20(29)23-13-6-7-14(19(27)28)16(22)8-13/h2,4,6-9,26H,3,5H2,1H3,(H,27,28)(H2,23,25,29)/b24-10+. The van der Waals surface area contributed by atoms with Gasteiger partial charge >= 0.3 is 5.97 Å². The molecule has 1 aliphatic carbocycles. The van der Waals surface area contributed by atoms with Crippen molar-refractivity contribution in [3.05, 3.63) is 61.8 Å². The number of thiocarbonyl (C=S) groups is 1. The average molecular weight is 482 g/mol. The van der Waals surface area contributed by atoms with E-state index in [9.17, 15) is 9.90 Å². The molecular formula is C20H17Cl2N3O3S2. The fourth-order valence-electron chi connectivity index (χ4n) is 2.76. The Morgan fingerprint density at radius 3 is 2.63 bits per heavy atom. The molecular weight excluding hydrogens is 465 g/mol. The van der Waals surface area contributed by atoms with Gasteiger partial charge in [0.05, 0.1) is 26.7 Å². The van der Waals surface area contributed by atoms with Crippen molar-refractivity contribution in [1.29, 1.82) is 0 Å². The van der Waals surface area contributed by atoms with Crippen LogP contribution in [-0.2, 0) is 0 Å². The van der Waals surface area contributed by atoms with Gasteiger partial charge in [0.2, 0.25) is 0 Å². The van der Waals surface area contributed by atoms with E-state index < -0.39 is 5.97 Å². The summed E-state index contributed by atoms with van der Waals surface area (Å²) >= 11 is 18.6. The molecule has 2 aromatic rings. The van der Waals surface area contributed by atoms with Crippen molar-refractivity contribution in [2.75, 3.05) is 5.32 Å². The van der Waals surface area contributed by atoms with Crippen LogP contribution in [0.2, 0.25) is 5.02 Å². The van der Waals surface area contributed by atoms with E-state index in [1.165, 1.54) is 23.5 Å². The van der Waals surface area contributed by atoms with Crippen LogP contribution in [0.4, 0.5) is 5.69 Å². The Labute approximate surface area is 192 Å². The average Bonchev–Trinajstić information content (AvgIpc) is 3.08. The van der Waals surface area contributed by atoms with Gasteiger partial charge in [-0.15, -0.1) is 11.3 Å². The van der Waals surface area contributed by atoms with Crippen molar-refractivity contribution >= 4 is 74.8 Å². The van der Waals surface area contributed by atoms with Gasteiger partial charge in [-0.3, -0.25) is 5.43 Å². The van der Waals surface area contributed by atoms with Crippen molar-refractivity contribution in [3.63, 3.8) is 0 Å². The number of carboxylic acid groups (broad SMARTS) is 1. The Hall–Kier alpha value is -2.39. The Kier molecular flexibility index (Phi) is 7.14. The molecule has 3 rings (SSSR count). The molecule has 4 N–H and O–H groups in total. The topological polar surface area (TPSA) is 94.0 Å². The lowest BCUT2D eigenvalue weighted by molar-refractivity contribution is 0.0697. The van der Waals surface area contributed by atoms with Gasteiger partial charge in [-0.2, -0.15) is 5.10 Å². The third-order valence-electron chi connectivity index (χ3n) is 4.33. The summed E-state index contributed by atoms with van der Waals surface area (Å²) in [5.74, 6) is -0.929. The smallest absolute Gasteiger partial charge is 0.337 e. The van der Waals surface area contributed by atoms with Gasteiger partial charge in [-0.05, 0) is 61.8 Å². The molecule has 0 aliphatic heterocycles. The van der Waals surface area contributed by atoms with Crippen molar-refractivity contribution in [2.24, 2.45) is 5.10 Å². The molecule has 0 saturated carbocycles. The summed E-state index contributed by atoms with van der Waals surface area (Å²) < 4.78 is 0. The van der Waals surface area contributed by atoms with Crippen LogP contribution in [0.5, 0.6) is 5.75 Å². The molecule has 0 amide bonds. The molecule has 1 heterocycles. The van der Waals surface area contributed by atoms with E-state index in [0.29, 0.717) is 17.0 Å². The summed E-state index contributed by atoms with van der Waals surface area (Å²) in [6, 6.07) is 4.40. The summed E-state index contributed by atoms with van der Waals surface area (Å²) in [5, 5.41) is 29.7. The second kappa shape index (κ2) is 9.61. The highest BCUT2D eigenvalue weighted by atomic mass is 35.5. The number of anilines is 1. The predicted molar refractivity (Wildman–Crippen MR) is 127 cm³/mol. The molecule has 0 saturated heterocycles. The number of hydrogen-bond donors (Lipinski definition) is 4. The summed E-state index contributed by atoms with van der Waals surface area (Å²) in [4.78, 5) is 11.8. The SMILES string of the molecule is C/C(=N\NC(=S)Nc1ccc(C(=O)O)c(Cl)c1)c1csc(C2=CC=C(Cl)CC2)c1O. The molecule has 0 fully saturated rings. The molecule has 10 heteroatoms. The fraction of sp³-hybridized carbons (Fsp3) is 0.150. The summed E-state index contributed by atoms with van der Waals surface area (Å²) in [6.45, 7) is 1.76. The minimum Gasteiger partial charge on any atom is -0.506 e. The van der Waals surface area contributed by atoms with Crippen LogP contribution in [0.15, 0.2) is 45.9 Å². The number of thiophene rings is 1. The maximum absolute atomic E-state index is 11.0.